The summed E-state index contributed by atoms with van der Waals surface area (Å²) in [5.74, 6) is 7.77. The first-order valence-corrected chi connectivity index (χ1v) is 12.2. The van der Waals surface area contributed by atoms with E-state index in [9.17, 15) is 10.2 Å². The zero-order chi connectivity index (χ0) is 22.2. The highest BCUT2D eigenvalue weighted by atomic mass is 127. The Labute approximate surface area is 200 Å². The molecule has 2 fully saturated rings. The Hall–Kier alpha value is -2.22. The first-order chi connectivity index (χ1) is 15.6. The lowest BCUT2D eigenvalue weighted by atomic mass is 10.1. The number of hydrogen-bond acceptors (Lipinski definition) is 6. The second-order valence-electron chi connectivity index (χ2n) is 8.64. The van der Waals surface area contributed by atoms with Gasteiger partial charge in [-0.25, -0.2) is 15.0 Å². The van der Waals surface area contributed by atoms with Crippen molar-refractivity contribution in [3.63, 3.8) is 0 Å². The molecule has 0 spiro atoms. The summed E-state index contributed by atoms with van der Waals surface area (Å²) in [5.41, 5.74) is 2.45. The highest BCUT2D eigenvalue weighted by Crippen LogP contribution is 2.57. The van der Waals surface area contributed by atoms with Gasteiger partial charge in [0.25, 0.3) is 0 Å². The molecule has 2 aromatic heterocycles. The Kier molecular flexibility index (Phi) is 6.05. The number of aromatic nitrogens is 4. The summed E-state index contributed by atoms with van der Waals surface area (Å²) < 4.78 is 3.09. The van der Waals surface area contributed by atoms with E-state index in [-0.39, 0.29) is 17.9 Å². The van der Waals surface area contributed by atoms with E-state index in [2.05, 4.69) is 74.8 Å². The second-order valence-corrected chi connectivity index (χ2v) is 9.89. The van der Waals surface area contributed by atoms with Crippen LogP contribution in [0.5, 0.6) is 0 Å². The minimum absolute atomic E-state index is 0.167. The van der Waals surface area contributed by atoms with E-state index in [0.29, 0.717) is 29.4 Å². The fourth-order valence-corrected chi connectivity index (χ4v) is 5.26. The number of imidazole rings is 1. The van der Waals surface area contributed by atoms with E-state index in [4.69, 9.17) is 4.98 Å². The third-order valence-electron chi connectivity index (χ3n) is 6.42. The molecule has 2 aliphatic carbocycles. The van der Waals surface area contributed by atoms with Crippen LogP contribution in [-0.4, -0.2) is 41.9 Å². The van der Waals surface area contributed by atoms with Gasteiger partial charge in [0.05, 0.1) is 18.5 Å². The van der Waals surface area contributed by atoms with E-state index < -0.39 is 12.2 Å². The Morgan fingerprint density at radius 1 is 1.22 bits per heavy atom. The van der Waals surface area contributed by atoms with Crippen molar-refractivity contribution in [1.82, 2.24) is 19.5 Å². The molecule has 2 aliphatic rings. The van der Waals surface area contributed by atoms with Crippen LogP contribution in [0.4, 0.5) is 5.82 Å². The summed E-state index contributed by atoms with van der Waals surface area (Å²) in [6.45, 7) is 2.75. The van der Waals surface area contributed by atoms with Crippen molar-refractivity contribution >= 4 is 39.6 Å². The quantitative estimate of drug-likeness (QED) is 0.250. The van der Waals surface area contributed by atoms with Gasteiger partial charge < -0.3 is 20.1 Å². The average Bonchev–Trinajstić information content (AvgIpc) is 3.39. The van der Waals surface area contributed by atoms with Gasteiger partial charge in [-0.3, -0.25) is 0 Å². The summed E-state index contributed by atoms with van der Waals surface area (Å²) in [4.78, 5) is 13.9. The third-order valence-corrected chi connectivity index (χ3v) is 7.09. The molecule has 0 aliphatic heterocycles. The molecule has 2 saturated carbocycles. The molecule has 5 rings (SSSR count). The molecule has 3 aromatic rings. The number of aliphatic hydroxyl groups is 2. The van der Waals surface area contributed by atoms with Crippen molar-refractivity contribution in [3.8, 4) is 11.8 Å². The molecule has 166 valence electrons. The number of rotatable bonds is 6. The topological polar surface area (TPSA) is 96.1 Å². The number of aliphatic hydroxyl groups excluding tert-OH is 2. The average molecular weight is 543 g/mol. The van der Waals surface area contributed by atoms with Crippen LogP contribution in [0.1, 0.15) is 50.0 Å². The number of nitrogens with zero attached hydrogens (tertiary/aromatic N) is 4. The molecule has 0 unspecified atom stereocenters. The van der Waals surface area contributed by atoms with Crippen LogP contribution >= 0.6 is 22.6 Å². The van der Waals surface area contributed by atoms with Crippen molar-refractivity contribution < 1.29 is 10.2 Å². The van der Waals surface area contributed by atoms with Crippen LogP contribution in [0.3, 0.4) is 0 Å². The summed E-state index contributed by atoms with van der Waals surface area (Å²) in [7, 11) is 0. The maximum Gasteiger partial charge on any atom is 0.208 e. The summed E-state index contributed by atoms with van der Waals surface area (Å²) in [6.07, 6.45) is 4.08. The van der Waals surface area contributed by atoms with Crippen molar-refractivity contribution in [3.05, 3.63) is 45.6 Å². The fourth-order valence-electron chi connectivity index (χ4n) is 4.65. The number of unbranched alkanes of at least 4 members (excludes halogenated alkanes) is 2. The minimum Gasteiger partial charge on any atom is -0.390 e. The molecule has 3 N–H and O–H groups in total. The first kappa shape index (κ1) is 21.6. The zero-order valence-corrected chi connectivity index (χ0v) is 20.0. The Morgan fingerprint density at radius 2 is 2.09 bits per heavy atom. The monoisotopic (exact) mass is 543 g/mol. The number of nitrogens with one attached hydrogen (secondary N) is 1. The summed E-state index contributed by atoms with van der Waals surface area (Å²) in [6, 6.07) is 8.07. The van der Waals surface area contributed by atoms with Gasteiger partial charge in [-0.05, 0) is 70.9 Å². The number of anilines is 1. The first-order valence-electron chi connectivity index (χ1n) is 11.1. The Balaban J connectivity index is 1.51. The van der Waals surface area contributed by atoms with E-state index in [1.165, 1.54) is 3.57 Å². The summed E-state index contributed by atoms with van der Waals surface area (Å²) in [5, 5.41) is 24.3. The Morgan fingerprint density at radius 3 is 2.84 bits per heavy atom. The van der Waals surface area contributed by atoms with E-state index in [0.717, 1.165) is 31.2 Å². The number of hydrogen-bond donors (Lipinski definition) is 3. The second kappa shape index (κ2) is 8.96. The molecule has 0 saturated heterocycles. The molecule has 0 amide bonds. The number of halogens is 1. The Bertz CT molecular complexity index is 1200. The molecule has 5 atom stereocenters. The molecule has 0 bridgehead atoms. The van der Waals surface area contributed by atoms with Crippen molar-refractivity contribution in [2.45, 2.75) is 57.4 Å². The molecule has 32 heavy (non-hydrogen) atoms. The standard InChI is InChI=1S/C24H26IN5O2/c1-2-3-4-5-9-18-28-23(26-12-14-7-6-8-15(25)10-14)19-24(29-18)30(13-27-19)20-16-11-17(16)21(31)22(20)32/h6-8,10,13,16-17,20-22,31-32H,2-4,11-12H2,1H3,(H,26,28,29)/t16-,17+,20+,21+,22-/m0/s1. The lowest BCUT2D eigenvalue weighted by Crippen LogP contribution is -2.31. The molecule has 2 heterocycles. The van der Waals surface area contributed by atoms with Crippen LogP contribution < -0.4 is 5.32 Å². The zero-order valence-electron chi connectivity index (χ0n) is 17.9. The smallest absolute Gasteiger partial charge is 0.208 e. The molecule has 0 radical (unpaired) electrons. The van der Waals surface area contributed by atoms with Gasteiger partial charge in [0.1, 0.15) is 6.10 Å². The largest absolute Gasteiger partial charge is 0.390 e. The van der Waals surface area contributed by atoms with E-state index in [1.54, 1.807) is 6.33 Å². The van der Waals surface area contributed by atoms with E-state index in [1.807, 2.05) is 10.6 Å². The van der Waals surface area contributed by atoms with Crippen molar-refractivity contribution in [2.75, 3.05) is 5.32 Å². The molecular formula is C24H26IN5O2. The highest BCUT2D eigenvalue weighted by molar-refractivity contribution is 14.1. The van der Waals surface area contributed by atoms with Gasteiger partial charge in [-0.2, -0.15) is 0 Å². The number of benzene rings is 1. The number of fused-ring (bicyclic) bond motifs is 2. The maximum atomic E-state index is 10.6. The van der Waals surface area contributed by atoms with Crippen LogP contribution in [0.25, 0.3) is 11.2 Å². The van der Waals surface area contributed by atoms with Gasteiger partial charge in [-0.1, -0.05) is 31.4 Å². The lowest BCUT2D eigenvalue weighted by molar-refractivity contribution is 0.00386. The molecule has 8 heteroatoms. The van der Waals surface area contributed by atoms with Gasteiger partial charge in [0.15, 0.2) is 17.0 Å². The lowest BCUT2D eigenvalue weighted by Gasteiger charge is -2.22. The van der Waals surface area contributed by atoms with Crippen molar-refractivity contribution in [1.29, 1.82) is 0 Å². The van der Waals surface area contributed by atoms with Gasteiger partial charge in [0.2, 0.25) is 5.82 Å². The molecule has 7 nitrogen and oxygen atoms in total. The van der Waals surface area contributed by atoms with Gasteiger partial charge in [0, 0.05) is 16.5 Å². The molecule has 1 aromatic carbocycles. The van der Waals surface area contributed by atoms with Crippen molar-refractivity contribution in [2.24, 2.45) is 11.8 Å². The van der Waals surface area contributed by atoms with E-state index >= 15 is 0 Å². The fraction of sp³-hybridized carbons (Fsp3) is 0.458. The van der Waals surface area contributed by atoms with Gasteiger partial charge in [-0.15, -0.1) is 0 Å². The van der Waals surface area contributed by atoms with Crippen LogP contribution in [0, 0.1) is 27.2 Å². The van der Waals surface area contributed by atoms with Crippen LogP contribution in [0.2, 0.25) is 0 Å². The predicted molar refractivity (Wildman–Crippen MR) is 131 cm³/mol. The third kappa shape index (κ3) is 4.09. The summed E-state index contributed by atoms with van der Waals surface area (Å²) >= 11 is 2.30. The highest BCUT2D eigenvalue weighted by Gasteiger charge is 2.60. The minimum atomic E-state index is -0.812. The SMILES string of the molecule is CCCCC#Cc1nc(NCc2cccc(I)c2)c2ncn([C@H]3[C@H](O)[C@H](O)[C@@H]4C[C@@H]43)c2n1. The van der Waals surface area contributed by atoms with Crippen LogP contribution in [0.15, 0.2) is 30.6 Å². The predicted octanol–water partition coefficient (Wildman–Crippen LogP) is 3.50. The van der Waals surface area contributed by atoms with Gasteiger partial charge >= 0.3 is 0 Å². The molecular weight excluding hydrogens is 517 g/mol. The van der Waals surface area contributed by atoms with Crippen LogP contribution in [-0.2, 0) is 6.54 Å². The normalized spacial score (nSPS) is 25.9. The maximum absolute atomic E-state index is 10.6.